The van der Waals surface area contributed by atoms with Crippen LogP contribution in [0.15, 0.2) is 41.0 Å². The molecule has 2 aromatic rings. The van der Waals surface area contributed by atoms with E-state index >= 15 is 0 Å². The molecule has 0 saturated carbocycles. The van der Waals surface area contributed by atoms with Crippen LogP contribution in [0.1, 0.15) is 30.3 Å². The molecule has 1 aromatic heterocycles. The highest BCUT2D eigenvalue weighted by atomic mass is 35.5. The maximum absolute atomic E-state index is 6.07. The van der Waals surface area contributed by atoms with Crippen LogP contribution in [0.2, 0.25) is 10.0 Å². The molecule has 5 heteroatoms. The standard InChI is InChI=1S/C16H20Cl2N2O/c1-11(12-6-7-13(17)14(18)9-12)19-10-15(20(2)3)16-5-4-8-21-16/h4-9,11,15,19H,10H2,1-3H3. The van der Waals surface area contributed by atoms with Crippen molar-refractivity contribution in [2.75, 3.05) is 20.6 Å². The molecule has 0 amide bonds. The fraction of sp³-hybridized carbons (Fsp3) is 0.375. The Labute approximate surface area is 135 Å². The molecule has 1 aromatic carbocycles. The van der Waals surface area contributed by atoms with E-state index in [1.165, 1.54) is 0 Å². The van der Waals surface area contributed by atoms with Gasteiger partial charge in [0.05, 0.1) is 22.4 Å². The van der Waals surface area contributed by atoms with Gasteiger partial charge in [-0.3, -0.25) is 4.90 Å². The molecule has 2 atom stereocenters. The molecule has 0 saturated heterocycles. The molecule has 114 valence electrons. The highest BCUT2D eigenvalue weighted by Gasteiger charge is 2.18. The Hall–Kier alpha value is -1.000. The summed E-state index contributed by atoms with van der Waals surface area (Å²) in [5, 5.41) is 4.67. The van der Waals surface area contributed by atoms with E-state index in [-0.39, 0.29) is 12.1 Å². The van der Waals surface area contributed by atoms with E-state index < -0.39 is 0 Å². The molecule has 0 fully saturated rings. The molecule has 0 bridgehead atoms. The van der Waals surface area contributed by atoms with Gasteiger partial charge in [-0.2, -0.15) is 0 Å². The number of furan rings is 1. The monoisotopic (exact) mass is 326 g/mol. The van der Waals surface area contributed by atoms with Gasteiger partial charge in [-0.15, -0.1) is 0 Å². The Balaban J connectivity index is 2.01. The second kappa shape index (κ2) is 7.32. The van der Waals surface area contributed by atoms with Crippen molar-refractivity contribution >= 4 is 23.2 Å². The van der Waals surface area contributed by atoms with Crippen molar-refractivity contribution in [3.63, 3.8) is 0 Å². The van der Waals surface area contributed by atoms with E-state index in [2.05, 4.69) is 17.1 Å². The van der Waals surface area contributed by atoms with Gasteiger partial charge in [0.15, 0.2) is 0 Å². The summed E-state index contributed by atoms with van der Waals surface area (Å²) in [6.45, 7) is 2.89. The topological polar surface area (TPSA) is 28.4 Å². The van der Waals surface area contributed by atoms with Gasteiger partial charge in [-0.25, -0.2) is 0 Å². The van der Waals surface area contributed by atoms with Crippen LogP contribution in [0.25, 0.3) is 0 Å². The predicted octanol–water partition coefficient (Wildman–Crippen LogP) is 4.54. The third-order valence-corrected chi connectivity index (χ3v) is 4.30. The van der Waals surface area contributed by atoms with Crippen LogP contribution in [0.4, 0.5) is 0 Å². The van der Waals surface area contributed by atoms with Crippen LogP contribution in [-0.2, 0) is 0 Å². The smallest absolute Gasteiger partial charge is 0.122 e. The first-order chi connectivity index (χ1) is 9.99. The van der Waals surface area contributed by atoms with Crippen LogP contribution in [-0.4, -0.2) is 25.5 Å². The molecule has 0 spiro atoms. The van der Waals surface area contributed by atoms with Gasteiger partial charge in [0.1, 0.15) is 5.76 Å². The quantitative estimate of drug-likeness (QED) is 0.844. The van der Waals surface area contributed by atoms with Gasteiger partial charge < -0.3 is 9.73 Å². The van der Waals surface area contributed by atoms with Crippen LogP contribution in [0, 0.1) is 0 Å². The molecular formula is C16H20Cl2N2O. The lowest BCUT2D eigenvalue weighted by Crippen LogP contribution is -2.32. The summed E-state index contributed by atoms with van der Waals surface area (Å²) in [6, 6.07) is 9.99. The fourth-order valence-electron chi connectivity index (χ4n) is 2.21. The van der Waals surface area contributed by atoms with E-state index in [0.29, 0.717) is 10.0 Å². The van der Waals surface area contributed by atoms with Crippen LogP contribution < -0.4 is 5.32 Å². The van der Waals surface area contributed by atoms with Crippen molar-refractivity contribution in [1.29, 1.82) is 0 Å². The highest BCUT2D eigenvalue weighted by molar-refractivity contribution is 6.42. The molecule has 21 heavy (non-hydrogen) atoms. The summed E-state index contributed by atoms with van der Waals surface area (Å²) in [7, 11) is 4.08. The first-order valence-electron chi connectivity index (χ1n) is 6.87. The maximum atomic E-state index is 6.07. The molecule has 2 unspecified atom stereocenters. The number of likely N-dealkylation sites (N-methyl/N-ethyl adjacent to an activating group) is 1. The minimum atomic E-state index is 0.178. The number of benzene rings is 1. The molecule has 0 radical (unpaired) electrons. The summed E-state index contributed by atoms with van der Waals surface area (Å²) in [6.07, 6.45) is 1.70. The van der Waals surface area contributed by atoms with Gasteiger partial charge in [0.25, 0.3) is 0 Å². The minimum Gasteiger partial charge on any atom is -0.468 e. The average molecular weight is 327 g/mol. The third-order valence-electron chi connectivity index (χ3n) is 3.56. The lowest BCUT2D eigenvalue weighted by Gasteiger charge is -2.25. The largest absolute Gasteiger partial charge is 0.468 e. The Kier molecular flexibility index (Phi) is 5.71. The van der Waals surface area contributed by atoms with Gasteiger partial charge in [-0.1, -0.05) is 29.3 Å². The molecule has 1 N–H and O–H groups in total. The van der Waals surface area contributed by atoms with Crippen LogP contribution >= 0.6 is 23.2 Å². The second-order valence-corrected chi connectivity index (χ2v) is 6.11. The minimum absolute atomic E-state index is 0.178. The molecular weight excluding hydrogens is 307 g/mol. The normalized spacial score (nSPS) is 14.4. The van der Waals surface area contributed by atoms with E-state index in [1.54, 1.807) is 6.26 Å². The van der Waals surface area contributed by atoms with Gasteiger partial charge in [0, 0.05) is 12.6 Å². The van der Waals surface area contributed by atoms with Gasteiger partial charge in [0.2, 0.25) is 0 Å². The average Bonchev–Trinajstić information content (AvgIpc) is 2.95. The summed E-state index contributed by atoms with van der Waals surface area (Å²) >= 11 is 12.0. The Morgan fingerprint density at radius 2 is 1.95 bits per heavy atom. The Morgan fingerprint density at radius 1 is 1.19 bits per heavy atom. The second-order valence-electron chi connectivity index (χ2n) is 5.30. The summed E-state index contributed by atoms with van der Waals surface area (Å²) in [5.41, 5.74) is 1.11. The summed E-state index contributed by atoms with van der Waals surface area (Å²) in [4.78, 5) is 2.13. The third kappa shape index (κ3) is 4.24. The first-order valence-corrected chi connectivity index (χ1v) is 7.62. The first kappa shape index (κ1) is 16.4. The molecule has 0 aliphatic carbocycles. The van der Waals surface area contributed by atoms with Gasteiger partial charge >= 0.3 is 0 Å². The van der Waals surface area contributed by atoms with E-state index in [1.807, 2.05) is 44.4 Å². The van der Waals surface area contributed by atoms with Gasteiger partial charge in [-0.05, 0) is 50.8 Å². The SMILES string of the molecule is CC(NCC(c1ccco1)N(C)C)c1ccc(Cl)c(Cl)c1. The number of rotatable bonds is 6. The number of hydrogen-bond acceptors (Lipinski definition) is 3. The van der Waals surface area contributed by atoms with Crippen molar-refractivity contribution in [3.05, 3.63) is 58.0 Å². The van der Waals surface area contributed by atoms with Crippen LogP contribution in [0.3, 0.4) is 0 Å². The lowest BCUT2D eigenvalue weighted by molar-refractivity contribution is 0.245. The molecule has 3 nitrogen and oxygen atoms in total. The number of nitrogens with zero attached hydrogens (tertiary/aromatic N) is 1. The highest BCUT2D eigenvalue weighted by Crippen LogP contribution is 2.26. The number of halogens is 2. The van der Waals surface area contributed by atoms with Crippen molar-refractivity contribution in [2.24, 2.45) is 0 Å². The maximum Gasteiger partial charge on any atom is 0.122 e. The van der Waals surface area contributed by atoms with E-state index in [9.17, 15) is 0 Å². The zero-order valence-electron chi connectivity index (χ0n) is 12.4. The van der Waals surface area contributed by atoms with E-state index in [0.717, 1.165) is 17.9 Å². The van der Waals surface area contributed by atoms with Crippen molar-refractivity contribution in [3.8, 4) is 0 Å². The number of hydrogen-bond donors (Lipinski definition) is 1. The Bertz CT molecular complexity index is 570. The van der Waals surface area contributed by atoms with Crippen molar-refractivity contribution in [2.45, 2.75) is 19.0 Å². The lowest BCUT2D eigenvalue weighted by atomic mass is 10.1. The summed E-state index contributed by atoms with van der Waals surface area (Å²) in [5.74, 6) is 0.953. The number of nitrogens with one attached hydrogen (secondary N) is 1. The molecule has 0 aliphatic heterocycles. The molecule has 1 heterocycles. The fourth-order valence-corrected chi connectivity index (χ4v) is 2.51. The predicted molar refractivity (Wildman–Crippen MR) is 88.0 cm³/mol. The van der Waals surface area contributed by atoms with E-state index in [4.69, 9.17) is 27.6 Å². The zero-order valence-corrected chi connectivity index (χ0v) is 13.9. The van der Waals surface area contributed by atoms with Crippen molar-refractivity contribution < 1.29 is 4.42 Å². The Morgan fingerprint density at radius 3 is 2.52 bits per heavy atom. The zero-order chi connectivity index (χ0) is 15.4. The van der Waals surface area contributed by atoms with Crippen molar-refractivity contribution in [1.82, 2.24) is 10.2 Å². The molecule has 0 aliphatic rings. The molecule has 2 rings (SSSR count). The van der Waals surface area contributed by atoms with Crippen LogP contribution in [0.5, 0.6) is 0 Å². The summed E-state index contributed by atoms with van der Waals surface area (Å²) < 4.78 is 5.51.